The number of rotatable bonds is 14. The van der Waals surface area contributed by atoms with Gasteiger partial charge in [-0.05, 0) is 28.8 Å². The van der Waals surface area contributed by atoms with Gasteiger partial charge in [-0.15, -0.1) is 0 Å². The van der Waals surface area contributed by atoms with Crippen molar-refractivity contribution >= 4 is 52.7 Å². The summed E-state index contributed by atoms with van der Waals surface area (Å²) in [4.78, 5) is 13.5. The second-order valence-electron chi connectivity index (χ2n) is 10.7. The summed E-state index contributed by atoms with van der Waals surface area (Å²) in [6.07, 6.45) is -3.70. The van der Waals surface area contributed by atoms with E-state index in [1.807, 2.05) is 121 Å². The van der Waals surface area contributed by atoms with E-state index in [0.717, 1.165) is 21.6 Å². The number of benzene rings is 4. The third-order valence-electron chi connectivity index (χ3n) is 7.16. The van der Waals surface area contributed by atoms with E-state index >= 15 is 0 Å². The molecule has 1 unspecified atom stereocenters. The van der Waals surface area contributed by atoms with Crippen molar-refractivity contribution in [3.63, 3.8) is 0 Å². The van der Waals surface area contributed by atoms with Gasteiger partial charge in [-0.3, -0.25) is 0 Å². The minimum atomic E-state index is -1.78. The van der Waals surface area contributed by atoms with E-state index in [-0.39, 0.29) is 13.2 Å². The molecule has 4 aromatic carbocycles. The Morgan fingerprint density at radius 1 is 0.617 bits per heavy atom. The number of hydrogen-bond donors (Lipinski definition) is 0. The smallest absolute Gasteiger partial charge is 0.431 e. The van der Waals surface area contributed by atoms with Gasteiger partial charge < -0.3 is 28.4 Å². The van der Waals surface area contributed by atoms with Crippen LogP contribution >= 0.6 is 46.6 Å². The molecule has 11 heteroatoms. The van der Waals surface area contributed by atoms with E-state index in [2.05, 4.69) is 0 Å². The highest BCUT2D eigenvalue weighted by atomic mass is 35.6. The zero-order valence-corrected chi connectivity index (χ0v) is 28.5. The lowest BCUT2D eigenvalue weighted by molar-refractivity contribution is -0.252. The molecule has 0 spiro atoms. The van der Waals surface area contributed by atoms with Crippen LogP contribution in [0, 0.1) is 0 Å². The van der Waals surface area contributed by atoms with Crippen LogP contribution < -0.4 is 0 Å². The van der Waals surface area contributed by atoms with E-state index in [1.165, 1.54) is 11.8 Å². The summed E-state index contributed by atoms with van der Waals surface area (Å²) < 4.78 is 35.3. The molecule has 0 N–H and O–H groups in total. The first kappa shape index (κ1) is 35.5. The normalized spacial score (nSPS) is 21.2. The molecule has 0 aliphatic carbocycles. The van der Waals surface area contributed by atoms with Gasteiger partial charge in [0.15, 0.2) is 0 Å². The molecule has 5 atom stereocenters. The zero-order valence-electron chi connectivity index (χ0n) is 25.4. The largest absolute Gasteiger partial charge is 0.508 e. The average Bonchev–Trinajstić information content (AvgIpc) is 3.09. The quantitative estimate of drug-likeness (QED) is 0.0948. The van der Waals surface area contributed by atoms with E-state index in [4.69, 9.17) is 63.2 Å². The summed E-state index contributed by atoms with van der Waals surface area (Å²) in [5, 5.41) is 0. The van der Waals surface area contributed by atoms with Crippen molar-refractivity contribution in [2.24, 2.45) is 0 Å². The molecule has 0 saturated carbocycles. The van der Waals surface area contributed by atoms with Crippen LogP contribution in [0.3, 0.4) is 0 Å². The first-order valence-corrected chi connectivity index (χ1v) is 17.1. The van der Waals surface area contributed by atoms with Crippen molar-refractivity contribution in [2.45, 2.75) is 58.4 Å². The molecule has 0 radical (unpaired) electrons. The lowest BCUT2D eigenvalue weighted by Crippen LogP contribution is -2.60. The monoisotopic (exact) mass is 716 g/mol. The molecule has 7 nitrogen and oxygen atoms in total. The van der Waals surface area contributed by atoms with Gasteiger partial charge in [0.2, 0.25) is 3.79 Å². The Morgan fingerprint density at radius 2 is 1.06 bits per heavy atom. The van der Waals surface area contributed by atoms with Crippen molar-refractivity contribution < 1.29 is 33.2 Å². The van der Waals surface area contributed by atoms with Crippen molar-refractivity contribution in [3.8, 4) is 0 Å². The van der Waals surface area contributed by atoms with Crippen molar-refractivity contribution in [2.75, 3.05) is 13.2 Å². The third kappa shape index (κ3) is 11.7. The number of halogens is 3. The van der Waals surface area contributed by atoms with E-state index in [9.17, 15) is 4.79 Å². The molecule has 1 aliphatic heterocycles. The Hall–Kier alpha value is -2.79. The number of hydrogen-bond acceptors (Lipinski definition) is 8. The van der Waals surface area contributed by atoms with E-state index in [1.54, 1.807) is 0 Å². The first-order valence-electron chi connectivity index (χ1n) is 15.0. The second kappa shape index (κ2) is 18.1. The minimum Gasteiger partial charge on any atom is -0.431 e. The van der Waals surface area contributed by atoms with Gasteiger partial charge >= 0.3 is 6.16 Å². The fourth-order valence-electron chi connectivity index (χ4n) is 4.94. The molecule has 0 aromatic heterocycles. The fraction of sp³-hybridized carbons (Fsp3) is 0.306. The van der Waals surface area contributed by atoms with Crippen molar-refractivity contribution in [3.05, 3.63) is 138 Å². The van der Waals surface area contributed by atoms with Gasteiger partial charge in [0.05, 0.1) is 19.8 Å². The Bertz CT molecular complexity index is 1480. The Morgan fingerprint density at radius 3 is 1.55 bits per heavy atom. The molecule has 1 fully saturated rings. The lowest BCUT2D eigenvalue weighted by atomic mass is 9.99. The van der Waals surface area contributed by atoms with Crippen LogP contribution in [-0.4, -0.2) is 53.0 Å². The Labute approximate surface area is 294 Å². The van der Waals surface area contributed by atoms with Crippen LogP contribution in [0.5, 0.6) is 0 Å². The number of alkyl halides is 3. The topological polar surface area (TPSA) is 72.5 Å². The van der Waals surface area contributed by atoms with Crippen LogP contribution in [0.4, 0.5) is 4.79 Å². The summed E-state index contributed by atoms with van der Waals surface area (Å²) in [7, 11) is 0. The van der Waals surface area contributed by atoms with Gasteiger partial charge in [-0.25, -0.2) is 4.79 Å². The van der Waals surface area contributed by atoms with E-state index < -0.39 is 46.4 Å². The SMILES string of the molecule is O=C(OC[C@H]1OC(Sc2ccccc2)[C@H](OCc2ccccc2)[C@@H](OCc2ccccc2)[C@@H]1OCc1ccccc1)OCC(Cl)(Cl)Cl. The van der Waals surface area contributed by atoms with E-state index in [0.29, 0.717) is 13.2 Å². The standard InChI is InChI=1S/C36H35Cl3O7S/c37-36(38,39)25-45-35(40)44-24-30-31(41-21-26-13-5-1-6-14-26)32(42-22-27-15-7-2-8-16-27)33(43-23-28-17-9-3-10-18-28)34(46-30)47-29-19-11-4-12-20-29/h1-20,30-34H,21-25H2/t30-,31-,32+,33-,34?/m1/s1. The maximum absolute atomic E-state index is 12.5. The predicted molar refractivity (Wildman–Crippen MR) is 184 cm³/mol. The maximum atomic E-state index is 12.5. The molecule has 5 rings (SSSR count). The Balaban J connectivity index is 1.45. The molecule has 47 heavy (non-hydrogen) atoms. The first-order chi connectivity index (χ1) is 22.8. The molecule has 1 heterocycles. The molecule has 1 aliphatic rings. The molecular weight excluding hydrogens is 683 g/mol. The molecule has 0 bridgehead atoms. The third-order valence-corrected chi connectivity index (χ3v) is 8.64. The summed E-state index contributed by atoms with van der Waals surface area (Å²) in [6, 6.07) is 39.4. The summed E-state index contributed by atoms with van der Waals surface area (Å²) in [5.74, 6) is 0. The van der Waals surface area contributed by atoms with Crippen LogP contribution in [0.1, 0.15) is 16.7 Å². The molecule has 248 valence electrons. The number of thioether (sulfide) groups is 1. The van der Waals surface area contributed by atoms with Gasteiger partial charge in [0, 0.05) is 4.90 Å². The van der Waals surface area contributed by atoms with Crippen LogP contribution in [0.15, 0.2) is 126 Å². The molecule has 4 aromatic rings. The number of ether oxygens (including phenoxy) is 6. The summed E-state index contributed by atoms with van der Waals surface area (Å²) in [5.41, 5.74) is 2.38. The van der Waals surface area contributed by atoms with Crippen molar-refractivity contribution in [1.29, 1.82) is 0 Å². The highest BCUT2D eigenvalue weighted by Gasteiger charge is 2.49. The number of carbonyl (C=O) groups is 1. The molecular formula is C36H35Cl3O7S. The number of carbonyl (C=O) groups excluding carboxylic acids is 1. The second-order valence-corrected chi connectivity index (χ2v) is 14.4. The van der Waals surface area contributed by atoms with Crippen LogP contribution in [-0.2, 0) is 48.2 Å². The summed E-state index contributed by atoms with van der Waals surface area (Å²) in [6.45, 7) is 0.197. The predicted octanol–water partition coefficient (Wildman–Crippen LogP) is 8.78. The Kier molecular flexibility index (Phi) is 13.7. The maximum Gasteiger partial charge on any atom is 0.508 e. The van der Waals surface area contributed by atoms with Gasteiger partial charge in [0.1, 0.15) is 43.1 Å². The lowest BCUT2D eigenvalue weighted by Gasteiger charge is -2.45. The summed E-state index contributed by atoms with van der Waals surface area (Å²) >= 11 is 18.8. The van der Waals surface area contributed by atoms with Crippen LogP contribution in [0.25, 0.3) is 0 Å². The molecule has 1 saturated heterocycles. The van der Waals surface area contributed by atoms with Crippen molar-refractivity contribution in [1.82, 2.24) is 0 Å². The highest BCUT2D eigenvalue weighted by molar-refractivity contribution is 7.99. The fourth-order valence-corrected chi connectivity index (χ4v) is 6.25. The highest BCUT2D eigenvalue weighted by Crippen LogP contribution is 2.38. The van der Waals surface area contributed by atoms with Gasteiger partial charge in [-0.1, -0.05) is 156 Å². The molecule has 0 amide bonds. The average molecular weight is 718 g/mol. The van der Waals surface area contributed by atoms with Gasteiger partial charge in [-0.2, -0.15) is 0 Å². The zero-order chi connectivity index (χ0) is 32.9. The van der Waals surface area contributed by atoms with Gasteiger partial charge in [0.25, 0.3) is 0 Å². The van der Waals surface area contributed by atoms with Crippen LogP contribution in [0.2, 0.25) is 0 Å². The minimum absolute atomic E-state index is 0.208.